The van der Waals surface area contributed by atoms with E-state index in [1.54, 1.807) is 0 Å². The summed E-state index contributed by atoms with van der Waals surface area (Å²) in [7, 11) is 1.43. The topological polar surface area (TPSA) is 74.2 Å². The highest BCUT2D eigenvalue weighted by Crippen LogP contribution is 2.47. The molecule has 7 atom stereocenters. The van der Waals surface area contributed by atoms with Crippen molar-refractivity contribution in [1.29, 1.82) is 0 Å². The number of fused-ring (bicyclic) bond motifs is 1. The molecule has 1 N–H and O–H groups in total. The minimum atomic E-state index is -0.725. The maximum absolute atomic E-state index is 12.3. The van der Waals surface area contributed by atoms with Crippen molar-refractivity contribution in [3.8, 4) is 0 Å². The van der Waals surface area contributed by atoms with Crippen LogP contribution in [-0.2, 0) is 23.7 Å². The Kier molecular flexibility index (Phi) is 8.33. The number of esters is 1. The fraction of sp³-hybridized carbons (Fsp3) is 0.864. The van der Waals surface area contributed by atoms with E-state index in [-0.39, 0.29) is 42.2 Å². The number of carbonyl (C=O) groups excluding carboxylic acids is 1. The van der Waals surface area contributed by atoms with Gasteiger partial charge in [0, 0.05) is 13.0 Å². The lowest BCUT2D eigenvalue weighted by Crippen LogP contribution is -2.28. The van der Waals surface area contributed by atoms with Gasteiger partial charge in [0.05, 0.1) is 25.2 Å². The summed E-state index contributed by atoms with van der Waals surface area (Å²) in [6.07, 6.45) is 12.1. The fourth-order valence-electron chi connectivity index (χ4n) is 4.84. The van der Waals surface area contributed by atoms with Gasteiger partial charge >= 0.3 is 5.97 Å². The zero-order valence-electron chi connectivity index (χ0n) is 17.3. The molecule has 2 saturated heterocycles. The van der Waals surface area contributed by atoms with E-state index in [0.717, 1.165) is 38.7 Å². The van der Waals surface area contributed by atoms with Crippen LogP contribution in [-0.4, -0.2) is 49.6 Å². The van der Waals surface area contributed by atoms with Crippen LogP contribution < -0.4 is 0 Å². The highest BCUT2D eigenvalue weighted by atomic mass is 16.7. The predicted octanol–water partition coefficient (Wildman–Crippen LogP) is 3.57. The second-order valence-corrected chi connectivity index (χ2v) is 8.32. The van der Waals surface area contributed by atoms with Crippen LogP contribution in [0.1, 0.15) is 64.7 Å². The molecular formula is C22H36O6. The molecule has 1 saturated carbocycles. The summed E-state index contributed by atoms with van der Waals surface area (Å²) in [5.41, 5.74) is 0. The number of hydrogen-bond donors (Lipinski definition) is 1. The van der Waals surface area contributed by atoms with Gasteiger partial charge in [-0.3, -0.25) is 4.79 Å². The number of aliphatic hydroxyl groups is 1. The minimum Gasteiger partial charge on any atom is -0.469 e. The maximum atomic E-state index is 12.3. The van der Waals surface area contributed by atoms with Crippen molar-refractivity contribution in [2.24, 2.45) is 17.8 Å². The van der Waals surface area contributed by atoms with Crippen molar-refractivity contribution in [1.82, 2.24) is 0 Å². The molecule has 160 valence electrons. The molecular weight excluding hydrogens is 360 g/mol. The third kappa shape index (κ3) is 5.56. The van der Waals surface area contributed by atoms with E-state index in [0.29, 0.717) is 12.8 Å². The molecule has 6 heteroatoms. The van der Waals surface area contributed by atoms with E-state index < -0.39 is 6.29 Å². The van der Waals surface area contributed by atoms with Gasteiger partial charge in [0.2, 0.25) is 0 Å². The monoisotopic (exact) mass is 396 g/mol. The van der Waals surface area contributed by atoms with Crippen molar-refractivity contribution in [2.75, 3.05) is 13.7 Å². The van der Waals surface area contributed by atoms with Gasteiger partial charge in [-0.25, -0.2) is 0 Å². The Morgan fingerprint density at radius 3 is 2.86 bits per heavy atom. The van der Waals surface area contributed by atoms with E-state index in [4.69, 9.17) is 18.9 Å². The van der Waals surface area contributed by atoms with Crippen molar-refractivity contribution >= 4 is 5.97 Å². The predicted molar refractivity (Wildman–Crippen MR) is 104 cm³/mol. The molecule has 28 heavy (non-hydrogen) atoms. The number of rotatable bonds is 9. The molecule has 1 aliphatic carbocycles. The van der Waals surface area contributed by atoms with Crippen molar-refractivity contribution in [3.63, 3.8) is 0 Å². The summed E-state index contributed by atoms with van der Waals surface area (Å²) >= 11 is 0. The number of allylic oxidation sites excluding steroid dienone is 1. The first-order valence-corrected chi connectivity index (χ1v) is 11.0. The lowest BCUT2D eigenvalue weighted by atomic mass is 9.86. The summed E-state index contributed by atoms with van der Waals surface area (Å²) < 4.78 is 22.6. The zero-order chi connectivity index (χ0) is 19.9. The molecule has 2 aliphatic heterocycles. The fourth-order valence-corrected chi connectivity index (χ4v) is 4.84. The second kappa shape index (κ2) is 10.7. The van der Waals surface area contributed by atoms with Gasteiger partial charge in [0.1, 0.15) is 0 Å². The molecule has 3 rings (SSSR count). The van der Waals surface area contributed by atoms with Crippen LogP contribution in [0.4, 0.5) is 0 Å². The van der Waals surface area contributed by atoms with Crippen molar-refractivity contribution in [3.05, 3.63) is 12.2 Å². The third-order valence-electron chi connectivity index (χ3n) is 6.34. The molecule has 3 fully saturated rings. The number of methoxy groups -OCH3 is 1. The first-order valence-electron chi connectivity index (χ1n) is 11.0. The Balaban J connectivity index is 1.67. The first kappa shape index (κ1) is 21.8. The largest absolute Gasteiger partial charge is 0.469 e. The normalized spacial score (nSPS) is 36.5. The van der Waals surface area contributed by atoms with Gasteiger partial charge in [-0.15, -0.1) is 0 Å². The van der Waals surface area contributed by atoms with Crippen LogP contribution in [0.25, 0.3) is 0 Å². The number of ether oxygens (including phenoxy) is 4. The first-order chi connectivity index (χ1) is 13.6. The average molecular weight is 397 g/mol. The van der Waals surface area contributed by atoms with Crippen LogP contribution in [0.15, 0.2) is 12.2 Å². The Morgan fingerprint density at radius 1 is 1.29 bits per heavy atom. The quantitative estimate of drug-likeness (QED) is 0.365. The van der Waals surface area contributed by atoms with Gasteiger partial charge in [-0.2, -0.15) is 0 Å². The summed E-state index contributed by atoms with van der Waals surface area (Å²) in [5, 5.41) is 9.87. The standard InChI is InChI=1S/C22H36O6/c1-3-4-5-8-15(27-21-9-6-7-12-26-21)10-11-16-17-14-20(23)28-19(17)13-18(16)22(24)25-2/h10-11,15-21,23H,3-9,12-14H2,1-2H3/b11-10+. The van der Waals surface area contributed by atoms with Crippen molar-refractivity contribution < 1.29 is 28.8 Å². The molecule has 0 spiro atoms. The van der Waals surface area contributed by atoms with Crippen LogP contribution in [0.5, 0.6) is 0 Å². The molecule has 2 heterocycles. The molecule has 3 aliphatic rings. The maximum Gasteiger partial charge on any atom is 0.309 e. The van der Waals surface area contributed by atoms with Gasteiger partial charge < -0.3 is 24.1 Å². The molecule has 0 bridgehead atoms. The summed E-state index contributed by atoms with van der Waals surface area (Å²) in [4.78, 5) is 12.3. The van der Waals surface area contributed by atoms with E-state index >= 15 is 0 Å². The molecule has 0 amide bonds. The summed E-state index contributed by atoms with van der Waals surface area (Å²) in [6, 6.07) is 0. The number of aliphatic hydroxyl groups excluding tert-OH is 1. The molecule has 0 aromatic heterocycles. The van der Waals surface area contributed by atoms with Crippen LogP contribution in [0.2, 0.25) is 0 Å². The lowest BCUT2D eigenvalue weighted by molar-refractivity contribution is -0.179. The van der Waals surface area contributed by atoms with Crippen LogP contribution in [0.3, 0.4) is 0 Å². The molecule has 7 unspecified atom stereocenters. The molecule has 0 aromatic carbocycles. The SMILES string of the molecule is CCCCCC(/C=C/C1C(C(=O)OC)CC2OC(O)CC21)OC1CCCCO1. The lowest BCUT2D eigenvalue weighted by Gasteiger charge is -2.27. The van der Waals surface area contributed by atoms with E-state index in [2.05, 4.69) is 19.1 Å². The molecule has 0 aromatic rings. The Labute approximate surface area is 168 Å². The third-order valence-corrected chi connectivity index (χ3v) is 6.34. The molecule has 0 radical (unpaired) electrons. The zero-order valence-corrected chi connectivity index (χ0v) is 17.3. The van der Waals surface area contributed by atoms with Crippen molar-refractivity contribution in [2.45, 2.75) is 89.5 Å². The minimum absolute atomic E-state index is 0.0131. The highest BCUT2D eigenvalue weighted by molar-refractivity contribution is 5.73. The average Bonchev–Trinajstić information content (AvgIpc) is 3.22. The second-order valence-electron chi connectivity index (χ2n) is 8.32. The number of hydrogen-bond acceptors (Lipinski definition) is 6. The Morgan fingerprint density at radius 2 is 2.14 bits per heavy atom. The van der Waals surface area contributed by atoms with Gasteiger partial charge in [0.15, 0.2) is 12.6 Å². The van der Waals surface area contributed by atoms with E-state index in [1.807, 2.05) is 0 Å². The smallest absolute Gasteiger partial charge is 0.309 e. The van der Waals surface area contributed by atoms with Gasteiger partial charge in [-0.1, -0.05) is 38.3 Å². The molecule has 6 nitrogen and oxygen atoms in total. The summed E-state index contributed by atoms with van der Waals surface area (Å²) in [6.45, 7) is 2.96. The number of carbonyl (C=O) groups is 1. The highest BCUT2D eigenvalue weighted by Gasteiger charge is 2.51. The van der Waals surface area contributed by atoms with Gasteiger partial charge in [0.25, 0.3) is 0 Å². The Hall–Kier alpha value is -0.950. The van der Waals surface area contributed by atoms with Crippen LogP contribution >= 0.6 is 0 Å². The van der Waals surface area contributed by atoms with Gasteiger partial charge in [-0.05, 0) is 43.9 Å². The van der Waals surface area contributed by atoms with Crippen LogP contribution in [0, 0.1) is 17.8 Å². The Bertz CT molecular complexity index is 515. The van der Waals surface area contributed by atoms with E-state index in [1.165, 1.54) is 20.0 Å². The van der Waals surface area contributed by atoms with E-state index in [9.17, 15) is 9.90 Å². The summed E-state index contributed by atoms with van der Waals surface area (Å²) in [5.74, 6) is -0.246. The number of unbranched alkanes of at least 4 members (excludes halogenated alkanes) is 2.